The van der Waals surface area contributed by atoms with E-state index < -0.39 is 5.82 Å². The third kappa shape index (κ3) is 3.19. The number of nitrogens with zero attached hydrogens (tertiary/aromatic N) is 2. The maximum Gasteiger partial charge on any atom is 0.142 e. The van der Waals surface area contributed by atoms with Crippen LogP contribution in [0, 0.1) is 17.1 Å². The van der Waals surface area contributed by atoms with Crippen LogP contribution >= 0.6 is 11.6 Å². The zero-order chi connectivity index (χ0) is 11.4. The van der Waals surface area contributed by atoms with E-state index in [9.17, 15) is 4.39 Å². The van der Waals surface area contributed by atoms with Crippen molar-refractivity contribution < 1.29 is 4.39 Å². The van der Waals surface area contributed by atoms with Crippen LogP contribution in [0.25, 0.3) is 0 Å². The fourth-order valence-corrected chi connectivity index (χ4v) is 1.28. The molecule has 1 aromatic carbocycles. The highest BCUT2D eigenvalue weighted by molar-refractivity contribution is 6.30. The quantitative estimate of drug-likeness (QED) is 0.793. The molecule has 0 N–H and O–H groups in total. The van der Waals surface area contributed by atoms with Gasteiger partial charge in [-0.25, -0.2) is 4.39 Å². The SMILES string of the molecule is CC(C#N)N(C)Cc1ccc(Cl)c(F)c1. The van der Waals surface area contributed by atoms with E-state index in [0.29, 0.717) is 6.54 Å². The molecule has 0 fully saturated rings. The van der Waals surface area contributed by atoms with E-state index in [1.54, 1.807) is 13.0 Å². The second kappa shape index (κ2) is 5.11. The molecule has 80 valence electrons. The highest BCUT2D eigenvalue weighted by Gasteiger charge is 2.09. The van der Waals surface area contributed by atoms with E-state index >= 15 is 0 Å². The Kier molecular flexibility index (Phi) is 4.07. The Hall–Kier alpha value is -1.11. The molecule has 0 radical (unpaired) electrons. The molecule has 1 rings (SSSR count). The molecule has 0 aliphatic carbocycles. The summed E-state index contributed by atoms with van der Waals surface area (Å²) in [6.45, 7) is 2.33. The van der Waals surface area contributed by atoms with Crippen LogP contribution in [0.3, 0.4) is 0 Å². The first kappa shape index (κ1) is 12.0. The lowest BCUT2D eigenvalue weighted by Gasteiger charge is -2.18. The number of halogens is 2. The zero-order valence-corrected chi connectivity index (χ0v) is 9.42. The number of nitriles is 1. The van der Waals surface area contributed by atoms with E-state index in [0.717, 1.165) is 5.56 Å². The largest absolute Gasteiger partial charge is 0.287 e. The Morgan fingerprint density at radius 1 is 1.60 bits per heavy atom. The zero-order valence-electron chi connectivity index (χ0n) is 8.67. The van der Waals surface area contributed by atoms with Crippen LogP contribution in [0.5, 0.6) is 0 Å². The molecule has 0 aliphatic rings. The average molecular weight is 227 g/mol. The molecule has 0 aromatic heterocycles. The van der Waals surface area contributed by atoms with Gasteiger partial charge in [-0.3, -0.25) is 4.90 Å². The van der Waals surface area contributed by atoms with E-state index in [1.165, 1.54) is 12.1 Å². The first-order chi connectivity index (χ1) is 7.04. The highest BCUT2D eigenvalue weighted by Crippen LogP contribution is 2.16. The van der Waals surface area contributed by atoms with Crippen molar-refractivity contribution in [3.63, 3.8) is 0 Å². The maximum atomic E-state index is 13.1. The van der Waals surface area contributed by atoms with Crippen molar-refractivity contribution in [3.05, 3.63) is 34.6 Å². The van der Waals surface area contributed by atoms with Crippen molar-refractivity contribution in [1.29, 1.82) is 5.26 Å². The molecule has 0 saturated heterocycles. The van der Waals surface area contributed by atoms with E-state index in [1.807, 2.05) is 11.9 Å². The fourth-order valence-electron chi connectivity index (χ4n) is 1.16. The lowest BCUT2D eigenvalue weighted by molar-refractivity contribution is 0.294. The molecule has 4 heteroatoms. The van der Waals surface area contributed by atoms with E-state index in [-0.39, 0.29) is 11.1 Å². The van der Waals surface area contributed by atoms with Gasteiger partial charge in [0.05, 0.1) is 17.1 Å². The van der Waals surface area contributed by atoms with Gasteiger partial charge in [0.2, 0.25) is 0 Å². The minimum Gasteiger partial charge on any atom is -0.287 e. The van der Waals surface area contributed by atoms with Gasteiger partial charge in [-0.1, -0.05) is 17.7 Å². The second-order valence-electron chi connectivity index (χ2n) is 3.47. The predicted octanol–water partition coefficient (Wildman–Crippen LogP) is 2.82. The van der Waals surface area contributed by atoms with E-state index in [2.05, 4.69) is 6.07 Å². The van der Waals surface area contributed by atoms with Crippen LogP contribution < -0.4 is 0 Å². The Balaban J connectivity index is 2.74. The van der Waals surface area contributed by atoms with Gasteiger partial charge in [0.15, 0.2) is 0 Å². The molecule has 0 aliphatic heterocycles. The van der Waals surface area contributed by atoms with Gasteiger partial charge in [-0.2, -0.15) is 5.26 Å². The topological polar surface area (TPSA) is 27.0 Å². The van der Waals surface area contributed by atoms with Crippen molar-refractivity contribution in [2.24, 2.45) is 0 Å². The molecule has 1 aromatic rings. The van der Waals surface area contributed by atoms with Crippen LogP contribution in [0.1, 0.15) is 12.5 Å². The summed E-state index contributed by atoms with van der Waals surface area (Å²) in [5, 5.41) is 8.82. The molecule has 0 spiro atoms. The maximum absolute atomic E-state index is 13.1. The molecule has 0 amide bonds. The Bertz CT molecular complexity index is 387. The summed E-state index contributed by atoms with van der Waals surface area (Å²) in [6, 6.07) is 6.60. The summed E-state index contributed by atoms with van der Waals surface area (Å²) >= 11 is 5.57. The molecule has 0 heterocycles. The van der Waals surface area contributed by atoms with Crippen molar-refractivity contribution >= 4 is 11.6 Å². The second-order valence-corrected chi connectivity index (χ2v) is 3.88. The van der Waals surface area contributed by atoms with Gasteiger partial charge >= 0.3 is 0 Å². The normalized spacial score (nSPS) is 12.5. The summed E-state index contributed by atoms with van der Waals surface area (Å²) in [5.41, 5.74) is 0.807. The number of hydrogen-bond donors (Lipinski definition) is 0. The molecule has 0 saturated carbocycles. The Morgan fingerprint density at radius 3 is 2.80 bits per heavy atom. The van der Waals surface area contributed by atoms with Crippen molar-refractivity contribution in [2.45, 2.75) is 19.5 Å². The molecule has 1 atom stereocenters. The van der Waals surface area contributed by atoms with Crippen LogP contribution in [0.4, 0.5) is 4.39 Å². The van der Waals surface area contributed by atoms with Gasteiger partial charge in [-0.05, 0) is 31.7 Å². The van der Waals surface area contributed by atoms with Crippen LogP contribution in [-0.4, -0.2) is 18.0 Å². The molecule has 15 heavy (non-hydrogen) atoms. The number of benzene rings is 1. The number of hydrogen-bond acceptors (Lipinski definition) is 2. The van der Waals surface area contributed by atoms with Gasteiger partial charge in [0.25, 0.3) is 0 Å². The third-order valence-electron chi connectivity index (χ3n) is 2.26. The van der Waals surface area contributed by atoms with Crippen molar-refractivity contribution in [1.82, 2.24) is 4.90 Å². The first-order valence-corrected chi connectivity index (χ1v) is 4.96. The molecular formula is C11H12ClFN2. The predicted molar refractivity (Wildman–Crippen MR) is 58.0 cm³/mol. The minimum absolute atomic E-state index is 0.120. The lowest BCUT2D eigenvalue weighted by Crippen LogP contribution is -2.26. The highest BCUT2D eigenvalue weighted by atomic mass is 35.5. The standard InChI is InChI=1S/C11H12ClFN2/c1-8(6-14)15(2)7-9-3-4-10(12)11(13)5-9/h3-5,8H,7H2,1-2H3. The van der Waals surface area contributed by atoms with Gasteiger partial charge in [0.1, 0.15) is 5.82 Å². The third-order valence-corrected chi connectivity index (χ3v) is 2.57. The van der Waals surface area contributed by atoms with Gasteiger partial charge in [-0.15, -0.1) is 0 Å². The van der Waals surface area contributed by atoms with Crippen LogP contribution in [-0.2, 0) is 6.54 Å². The van der Waals surface area contributed by atoms with Crippen LogP contribution in [0.2, 0.25) is 5.02 Å². The Labute approximate surface area is 93.9 Å². The summed E-state index contributed by atoms with van der Waals surface area (Å²) in [4.78, 5) is 1.84. The molecule has 1 unspecified atom stereocenters. The number of rotatable bonds is 3. The summed E-state index contributed by atoms with van der Waals surface area (Å²) in [5.74, 6) is -0.424. The van der Waals surface area contributed by atoms with Crippen LogP contribution in [0.15, 0.2) is 18.2 Å². The Morgan fingerprint density at radius 2 is 2.27 bits per heavy atom. The fraction of sp³-hybridized carbons (Fsp3) is 0.364. The monoisotopic (exact) mass is 226 g/mol. The molecular weight excluding hydrogens is 215 g/mol. The summed E-state index contributed by atoms with van der Waals surface area (Å²) < 4.78 is 13.1. The lowest BCUT2D eigenvalue weighted by atomic mass is 10.2. The summed E-state index contributed by atoms with van der Waals surface area (Å²) in [6.07, 6.45) is 0. The molecule has 2 nitrogen and oxygen atoms in total. The summed E-state index contributed by atoms with van der Waals surface area (Å²) in [7, 11) is 1.82. The van der Waals surface area contributed by atoms with Gasteiger partial charge in [0, 0.05) is 6.54 Å². The van der Waals surface area contributed by atoms with Gasteiger partial charge < -0.3 is 0 Å². The average Bonchev–Trinajstić information content (AvgIpc) is 2.22. The van der Waals surface area contributed by atoms with E-state index in [4.69, 9.17) is 16.9 Å². The minimum atomic E-state index is -0.424. The van der Waals surface area contributed by atoms with Crippen molar-refractivity contribution in [3.8, 4) is 6.07 Å². The van der Waals surface area contributed by atoms with Crippen molar-refractivity contribution in [2.75, 3.05) is 7.05 Å². The molecule has 0 bridgehead atoms. The first-order valence-electron chi connectivity index (χ1n) is 4.58. The smallest absolute Gasteiger partial charge is 0.142 e.